The summed E-state index contributed by atoms with van der Waals surface area (Å²) in [5.74, 6) is 2.52. The lowest BCUT2D eigenvalue weighted by Gasteiger charge is -2.31. The number of aromatic nitrogens is 2. The van der Waals surface area contributed by atoms with Crippen molar-refractivity contribution in [3.8, 4) is 5.75 Å². The summed E-state index contributed by atoms with van der Waals surface area (Å²) in [6.45, 7) is 3.23. The summed E-state index contributed by atoms with van der Waals surface area (Å²) in [5.41, 5.74) is 2.39. The van der Waals surface area contributed by atoms with Crippen LogP contribution >= 0.6 is 0 Å². The van der Waals surface area contributed by atoms with E-state index in [1.54, 1.807) is 7.11 Å². The molecule has 7 heteroatoms. The van der Waals surface area contributed by atoms with E-state index < -0.39 is 0 Å². The van der Waals surface area contributed by atoms with Crippen LogP contribution in [0.15, 0.2) is 22.7 Å². The van der Waals surface area contributed by atoms with E-state index in [0.29, 0.717) is 24.8 Å². The molecule has 0 unspecified atom stereocenters. The van der Waals surface area contributed by atoms with Gasteiger partial charge in [-0.2, -0.15) is 4.98 Å². The molecule has 1 aliphatic heterocycles. The van der Waals surface area contributed by atoms with E-state index in [1.165, 1.54) is 11.1 Å². The number of carbonyl (C=O) groups excluding carboxylic acids is 1. The summed E-state index contributed by atoms with van der Waals surface area (Å²) in [7, 11) is 1.69. The first-order chi connectivity index (χ1) is 12.7. The van der Waals surface area contributed by atoms with Crippen molar-refractivity contribution in [2.24, 2.45) is 0 Å². The van der Waals surface area contributed by atoms with E-state index in [1.807, 2.05) is 24.0 Å². The van der Waals surface area contributed by atoms with E-state index in [4.69, 9.17) is 9.26 Å². The zero-order chi connectivity index (χ0) is 18.1. The van der Waals surface area contributed by atoms with Gasteiger partial charge in [0.25, 0.3) is 0 Å². The summed E-state index contributed by atoms with van der Waals surface area (Å²) in [5, 5.41) is 7.06. The topological polar surface area (TPSA) is 80.5 Å². The van der Waals surface area contributed by atoms with Gasteiger partial charge in [0.05, 0.1) is 13.2 Å². The lowest BCUT2D eigenvalue weighted by Crippen LogP contribution is -2.45. The van der Waals surface area contributed by atoms with Crippen molar-refractivity contribution in [3.63, 3.8) is 0 Å². The van der Waals surface area contributed by atoms with Gasteiger partial charge in [-0.15, -0.1) is 0 Å². The second-order valence-corrected chi connectivity index (χ2v) is 7.01. The van der Waals surface area contributed by atoms with Crippen molar-refractivity contribution in [1.82, 2.24) is 20.4 Å². The van der Waals surface area contributed by atoms with Crippen LogP contribution < -0.4 is 10.1 Å². The molecule has 1 fully saturated rings. The number of rotatable bonds is 3. The van der Waals surface area contributed by atoms with E-state index in [-0.39, 0.29) is 18.0 Å². The van der Waals surface area contributed by atoms with Crippen LogP contribution in [-0.4, -0.2) is 41.3 Å². The summed E-state index contributed by atoms with van der Waals surface area (Å²) >= 11 is 0. The maximum absolute atomic E-state index is 12.7. The van der Waals surface area contributed by atoms with Crippen molar-refractivity contribution in [3.05, 3.63) is 41.0 Å². The van der Waals surface area contributed by atoms with Crippen LogP contribution in [0.2, 0.25) is 0 Å². The van der Waals surface area contributed by atoms with Crippen molar-refractivity contribution < 1.29 is 14.1 Å². The van der Waals surface area contributed by atoms with Gasteiger partial charge in [-0.1, -0.05) is 17.3 Å². The molecule has 1 aromatic heterocycles. The Morgan fingerprint density at radius 2 is 2.12 bits per heavy atom. The third-order valence-electron chi connectivity index (χ3n) is 5.42. The smallest absolute Gasteiger partial charge is 0.317 e. The molecule has 7 nitrogen and oxygen atoms in total. The zero-order valence-corrected chi connectivity index (χ0v) is 15.2. The molecule has 4 rings (SSSR count). The van der Waals surface area contributed by atoms with Gasteiger partial charge >= 0.3 is 6.03 Å². The van der Waals surface area contributed by atoms with Crippen molar-refractivity contribution in [2.75, 3.05) is 20.2 Å². The second-order valence-electron chi connectivity index (χ2n) is 7.01. The zero-order valence-electron chi connectivity index (χ0n) is 15.2. The van der Waals surface area contributed by atoms with Crippen LogP contribution in [0, 0.1) is 6.92 Å². The minimum atomic E-state index is 0.00540. The highest BCUT2D eigenvalue weighted by atomic mass is 16.5. The molecule has 0 bridgehead atoms. The average molecular weight is 356 g/mol. The minimum absolute atomic E-state index is 0.00540. The van der Waals surface area contributed by atoms with Gasteiger partial charge in [0.1, 0.15) is 5.75 Å². The van der Waals surface area contributed by atoms with Gasteiger partial charge < -0.3 is 19.5 Å². The molecule has 1 atom stereocenters. The van der Waals surface area contributed by atoms with E-state index in [0.717, 1.165) is 31.4 Å². The number of carbonyl (C=O) groups is 1. The van der Waals surface area contributed by atoms with Crippen LogP contribution in [0.5, 0.6) is 5.75 Å². The third kappa shape index (κ3) is 3.13. The van der Waals surface area contributed by atoms with Gasteiger partial charge in [0.15, 0.2) is 5.82 Å². The van der Waals surface area contributed by atoms with Crippen LogP contribution in [0.4, 0.5) is 4.79 Å². The number of urea groups is 1. The van der Waals surface area contributed by atoms with Crippen LogP contribution in [0.3, 0.4) is 0 Å². The molecule has 2 amide bonds. The van der Waals surface area contributed by atoms with Crippen LogP contribution in [0.1, 0.15) is 54.1 Å². The van der Waals surface area contributed by atoms with Gasteiger partial charge in [-0.3, -0.25) is 0 Å². The first-order valence-corrected chi connectivity index (χ1v) is 9.17. The largest absolute Gasteiger partial charge is 0.496 e. The molecule has 26 heavy (non-hydrogen) atoms. The Hall–Kier alpha value is -2.57. The Balaban J connectivity index is 1.36. The molecule has 0 saturated carbocycles. The van der Waals surface area contributed by atoms with E-state index >= 15 is 0 Å². The van der Waals surface area contributed by atoms with E-state index in [9.17, 15) is 4.79 Å². The summed E-state index contributed by atoms with van der Waals surface area (Å²) in [6.07, 6.45) is 3.55. The first-order valence-electron chi connectivity index (χ1n) is 9.17. The number of piperidine rings is 1. The van der Waals surface area contributed by atoms with Gasteiger partial charge in [-0.25, -0.2) is 4.79 Å². The Labute approximate surface area is 152 Å². The number of nitrogens with zero attached hydrogens (tertiary/aromatic N) is 3. The number of likely N-dealkylation sites (tertiary alicyclic amines) is 1. The number of aryl methyl sites for hydroxylation is 1. The summed E-state index contributed by atoms with van der Waals surface area (Å²) in [4.78, 5) is 18.9. The van der Waals surface area contributed by atoms with Crippen molar-refractivity contribution in [1.29, 1.82) is 0 Å². The molecule has 0 radical (unpaired) electrons. The fraction of sp³-hybridized carbons (Fsp3) is 0.526. The Morgan fingerprint density at radius 1 is 1.31 bits per heavy atom. The predicted molar refractivity (Wildman–Crippen MR) is 95.2 cm³/mol. The molecule has 0 spiro atoms. The van der Waals surface area contributed by atoms with Gasteiger partial charge in [-0.05, 0) is 49.8 Å². The highest BCUT2D eigenvalue weighted by molar-refractivity contribution is 5.75. The molecule has 1 saturated heterocycles. The monoisotopic (exact) mass is 356 g/mol. The maximum atomic E-state index is 12.7. The third-order valence-corrected chi connectivity index (χ3v) is 5.42. The normalized spacial score (nSPS) is 20.1. The fourth-order valence-corrected chi connectivity index (χ4v) is 4.01. The van der Waals surface area contributed by atoms with Crippen molar-refractivity contribution in [2.45, 2.75) is 44.6 Å². The lowest BCUT2D eigenvalue weighted by molar-refractivity contribution is 0.172. The summed E-state index contributed by atoms with van der Waals surface area (Å²) in [6, 6.07) is 6.11. The number of fused-ring (bicyclic) bond motifs is 1. The molecule has 1 aliphatic carbocycles. The van der Waals surface area contributed by atoms with E-state index in [2.05, 4.69) is 21.5 Å². The second kappa shape index (κ2) is 6.97. The SMILES string of the molecule is COc1cccc2c1CC[C@@H]2NC(=O)N1CCC(c2nc(C)no2)CC1. The van der Waals surface area contributed by atoms with Crippen molar-refractivity contribution >= 4 is 6.03 Å². The molecule has 138 valence electrons. The molecule has 2 aliphatic rings. The predicted octanol–water partition coefficient (Wildman–Crippen LogP) is 2.96. The minimum Gasteiger partial charge on any atom is -0.496 e. The molecule has 2 heterocycles. The first kappa shape index (κ1) is 16.9. The van der Waals surface area contributed by atoms with Gasteiger partial charge in [0, 0.05) is 19.0 Å². The fourth-order valence-electron chi connectivity index (χ4n) is 4.01. The standard InChI is InChI=1S/C19H24N4O3/c1-12-20-18(26-22-12)13-8-10-23(11-9-13)19(24)21-16-7-6-15-14(16)4-3-5-17(15)25-2/h3-5,13,16H,6-11H2,1-2H3,(H,21,24)/t16-/m0/s1. The number of amides is 2. The number of hydrogen-bond donors (Lipinski definition) is 1. The highest BCUT2D eigenvalue weighted by Crippen LogP contribution is 2.37. The van der Waals surface area contributed by atoms with Crippen LogP contribution in [-0.2, 0) is 6.42 Å². The quantitative estimate of drug-likeness (QED) is 0.914. The molecular weight excluding hydrogens is 332 g/mol. The molecule has 1 N–H and O–H groups in total. The Bertz CT molecular complexity index is 796. The highest BCUT2D eigenvalue weighted by Gasteiger charge is 2.31. The number of ether oxygens (including phenoxy) is 1. The average Bonchev–Trinajstić information content (AvgIpc) is 3.28. The maximum Gasteiger partial charge on any atom is 0.317 e. The van der Waals surface area contributed by atoms with Gasteiger partial charge in [0.2, 0.25) is 5.89 Å². The lowest BCUT2D eigenvalue weighted by atomic mass is 9.97. The Morgan fingerprint density at radius 3 is 2.81 bits per heavy atom. The van der Waals surface area contributed by atoms with Crippen LogP contribution in [0.25, 0.3) is 0 Å². The summed E-state index contributed by atoms with van der Waals surface area (Å²) < 4.78 is 10.7. The molecule has 2 aromatic rings. The number of methoxy groups -OCH3 is 1. The molecular formula is C19H24N4O3. The number of nitrogens with one attached hydrogen (secondary N) is 1. The number of benzene rings is 1. The Kier molecular flexibility index (Phi) is 4.53. The molecule has 1 aromatic carbocycles. The number of hydrogen-bond acceptors (Lipinski definition) is 5.